The summed E-state index contributed by atoms with van der Waals surface area (Å²) < 4.78 is 46.6. The van der Waals surface area contributed by atoms with Crippen LogP contribution in [0.4, 0.5) is 13.2 Å². The minimum atomic E-state index is -4.45. The van der Waals surface area contributed by atoms with Gasteiger partial charge in [0, 0.05) is 14.2 Å². The van der Waals surface area contributed by atoms with Gasteiger partial charge in [0.25, 0.3) is 0 Å². The number of H-pyrrole nitrogens is 1. The molecule has 1 rings (SSSR count). The van der Waals surface area contributed by atoms with E-state index in [4.69, 9.17) is 9.47 Å². The monoisotopic (exact) mass is 224 g/mol. The van der Waals surface area contributed by atoms with E-state index in [0.717, 1.165) is 6.07 Å². The maximum absolute atomic E-state index is 12.2. The molecular formula is C8H11F3N2O2. The van der Waals surface area contributed by atoms with Crippen LogP contribution in [0.5, 0.6) is 0 Å². The fourth-order valence-electron chi connectivity index (χ4n) is 0.992. The van der Waals surface area contributed by atoms with Crippen LogP contribution in [0.25, 0.3) is 0 Å². The number of hydrogen-bond donors (Lipinski definition) is 1. The topological polar surface area (TPSA) is 47.1 Å². The quantitative estimate of drug-likeness (QED) is 0.797. The third-order valence-corrected chi connectivity index (χ3v) is 2.13. The van der Waals surface area contributed by atoms with Gasteiger partial charge in [-0.25, -0.2) is 0 Å². The molecule has 0 bridgehead atoms. The zero-order chi connectivity index (χ0) is 11.7. The van der Waals surface area contributed by atoms with Crippen molar-refractivity contribution in [2.45, 2.75) is 18.9 Å². The fourth-order valence-corrected chi connectivity index (χ4v) is 0.992. The van der Waals surface area contributed by atoms with Crippen molar-refractivity contribution < 1.29 is 22.6 Å². The standard InChI is InChI=1S/C8H11F3N2O2/c1-7(14-2,15-3)5-4-6(13-12-5)8(9,10)11/h4H,1-3H3,(H,12,13). The average Bonchev–Trinajstić information content (AvgIpc) is 2.65. The van der Waals surface area contributed by atoms with E-state index in [1.807, 2.05) is 5.10 Å². The zero-order valence-corrected chi connectivity index (χ0v) is 8.47. The Balaban J connectivity index is 3.03. The van der Waals surface area contributed by atoms with E-state index in [1.54, 1.807) is 0 Å². The summed E-state index contributed by atoms with van der Waals surface area (Å²) in [6, 6.07) is 0.854. The summed E-state index contributed by atoms with van der Waals surface area (Å²) in [6.07, 6.45) is -4.45. The van der Waals surface area contributed by atoms with Crippen LogP contribution in [-0.2, 0) is 21.4 Å². The minimum absolute atomic E-state index is 0.0415. The first-order chi connectivity index (χ1) is 6.83. The molecule has 15 heavy (non-hydrogen) atoms. The molecule has 0 fully saturated rings. The van der Waals surface area contributed by atoms with Crippen LogP contribution in [-0.4, -0.2) is 24.4 Å². The molecule has 0 aliphatic heterocycles. The van der Waals surface area contributed by atoms with Crippen molar-refractivity contribution in [2.75, 3.05) is 14.2 Å². The Bertz CT molecular complexity index is 331. The van der Waals surface area contributed by atoms with Gasteiger partial charge in [-0.15, -0.1) is 0 Å². The van der Waals surface area contributed by atoms with Crippen LogP contribution in [0.2, 0.25) is 0 Å². The second-order valence-electron chi connectivity index (χ2n) is 3.02. The van der Waals surface area contributed by atoms with Gasteiger partial charge in [-0.2, -0.15) is 18.3 Å². The highest BCUT2D eigenvalue weighted by atomic mass is 19.4. The highest BCUT2D eigenvalue weighted by Gasteiger charge is 2.37. The predicted molar refractivity (Wildman–Crippen MR) is 45.0 cm³/mol. The Morgan fingerprint density at radius 2 is 1.80 bits per heavy atom. The molecule has 0 saturated heterocycles. The normalized spacial score (nSPS) is 13.2. The van der Waals surface area contributed by atoms with Crippen LogP contribution in [0, 0.1) is 0 Å². The molecule has 0 saturated carbocycles. The summed E-state index contributed by atoms with van der Waals surface area (Å²) in [7, 11) is 2.65. The van der Waals surface area contributed by atoms with Gasteiger partial charge in [0.1, 0.15) is 11.4 Å². The van der Waals surface area contributed by atoms with Gasteiger partial charge >= 0.3 is 6.18 Å². The molecule has 1 N–H and O–H groups in total. The highest BCUT2D eigenvalue weighted by Crippen LogP contribution is 2.31. The number of halogens is 3. The van der Waals surface area contributed by atoms with Gasteiger partial charge in [0.15, 0.2) is 0 Å². The van der Waals surface area contributed by atoms with Gasteiger partial charge in [0.05, 0.1) is 0 Å². The molecule has 0 aromatic carbocycles. The molecule has 0 atom stereocenters. The van der Waals surface area contributed by atoms with Crippen LogP contribution in [0.3, 0.4) is 0 Å². The number of nitrogens with one attached hydrogen (secondary N) is 1. The number of aromatic nitrogens is 2. The van der Waals surface area contributed by atoms with Crippen molar-refractivity contribution in [1.82, 2.24) is 10.2 Å². The SMILES string of the molecule is COC(C)(OC)c1cc(C(F)(F)F)[nH]n1. The molecule has 0 unspecified atom stereocenters. The summed E-state index contributed by atoms with van der Waals surface area (Å²) in [4.78, 5) is 0. The Labute approximate surface area is 84.4 Å². The number of ether oxygens (including phenoxy) is 2. The van der Waals surface area contributed by atoms with E-state index >= 15 is 0 Å². The fraction of sp³-hybridized carbons (Fsp3) is 0.625. The van der Waals surface area contributed by atoms with Crippen LogP contribution in [0.1, 0.15) is 18.3 Å². The summed E-state index contributed by atoms with van der Waals surface area (Å²) in [5.41, 5.74) is -0.891. The third kappa shape index (κ3) is 2.29. The Morgan fingerprint density at radius 1 is 1.27 bits per heavy atom. The van der Waals surface area contributed by atoms with E-state index < -0.39 is 17.7 Å². The van der Waals surface area contributed by atoms with Crippen LogP contribution < -0.4 is 0 Å². The predicted octanol–water partition coefficient (Wildman–Crippen LogP) is 1.89. The summed E-state index contributed by atoms with van der Waals surface area (Å²) in [5, 5.41) is 5.39. The minimum Gasteiger partial charge on any atom is -0.348 e. The lowest BCUT2D eigenvalue weighted by molar-refractivity contribution is -0.204. The van der Waals surface area contributed by atoms with Crippen molar-refractivity contribution in [2.24, 2.45) is 0 Å². The molecule has 86 valence electrons. The van der Waals surface area contributed by atoms with Crippen molar-refractivity contribution in [3.63, 3.8) is 0 Å². The Kier molecular flexibility index (Phi) is 3.05. The largest absolute Gasteiger partial charge is 0.432 e. The smallest absolute Gasteiger partial charge is 0.348 e. The van der Waals surface area contributed by atoms with Gasteiger partial charge < -0.3 is 9.47 Å². The van der Waals surface area contributed by atoms with Crippen molar-refractivity contribution in [1.29, 1.82) is 0 Å². The second kappa shape index (κ2) is 3.82. The molecule has 4 nitrogen and oxygen atoms in total. The Hall–Kier alpha value is -1.08. The first-order valence-corrected chi connectivity index (χ1v) is 4.07. The van der Waals surface area contributed by atoms with E-state index in [2.05, 4.69) is 5.10 Å². The van der Waals surface area contributed by atoms with Crippen molar-refractivity contribution >= 4 is 0 Å². The van der Waals surface area contributed by atoms with Gasteiger partial charge in [0.2, 0.25) is 5.79 Å². The number of alkyl halides is 3. The lowest BCUT2D eigenvalue weighted by Crippen LogP contribution is -2.27. The van der Waals surface area contributed by atoms with Gasteiger partial charge in [-0.05, 0) is 13.0 Å². The van der Waals surface area contributed by atoms with Crippen LogP contribution in [0.15, 0.2) is 6.07 Å². The van der Waals surface area contributed by atoms with E-state index in [1.165, 1.54) is 21.1 Å². The summed E-state index contributed by atoms with van der Waals surface area (Å²) >= 11 is 0. The first-order valence-electron chi connectivity index (χ1n) is 4.07. The lowest BCUT2D eigenvalue weighted by atomic mass is 10.2. The first kappa shape index (κ1) is 12.0. The molecule has 1 aromatic rings. The van der Waals surface area contributed by atoms with Gasteiger partial charge in [-0.3, -0.25) is 5.10 Å². The zero-order valence-electron chi connectivity index (χ0n) is 8.47. The average molecular weight is 224 g/mol. The number of aromatic amines is 1. The highest BCUT2D eigenvalue weighted by molar-refractivity contribution is 5.15. The maximum atomic E-state index is 12.2. The van der Waals surface area contributed by atoms with E-state index in [9.17, 15) is 13.2 Å². The van der Waals surface area contributed by atoms with Crippen molar-refractivity contribution in [3.05, 3.63) is 17.5 Å². The number of hydrogen-bond acceptors (Lipinski definition) is 3. The third-order valence-electron chi connectivity index (χ3n) is 2.13. The number of rotatable bonds is 3. The molecule has 0 radical (unpaired) electrons. The molecular weight excluding hydrogens is 213 g/mol. The van der Waals surface area contributed by atoms with E-state index in [0.29, 0.717) is 0 Å². The van der Waals surface area contributed by atoms with E-state index in [-0.39, 0.29) is 5.69 Å². The molecule has 7 heteroatoms. The molecule has 1 heterocycles. The second-order valence-corrected chi connectivity index (χ2v) is 3.02. The summed E-state index contributed by atoms with van der Waals surface area (Å²) in [5.74, 6) is -1.28. The lowest BCUT2D eigenvalue weighted by Gasteiger charge is -2.23. The molecule has 0 amide bonds. The molecule has 0 spiro atoms. The molecule has 0 aliphatic rings. The summed E-state index contributed by atoms with van der Waals surface area (Å²) in [6.45, 7) is 1.48. The van der Waals surface area contributed by atoms with Gasteiger partial charge in [-0.1, -0.05) is 0 Å². The van der Waals surface area contributed by atoms with Crippen molar-refractivity contribution in [3.8, 4) is 0 Å². The molecule has 0 aliphatic carbocycles. The number of methoxy groups -OCH3 is 2. The van der Waals surface area contributed by atoms with Crippen LogP contribution >= 0.6 is 0 Å². The number of nitrogens with zero attached hydrogens (tertiary/aromatic N) is 1. The Morgan fingerprint density at radius 3 is 2.13 bits per heavy atom. The maximum Gasteiger partial charge on any atom is 0.432 e. The molecule has 1 aromatic heterocycles.